The van der Waals surface area contributed by atoms with Crippen molar-refractivity contribution >= 4 is 34.0 Å². The standard InChI is InChI=1S/C17H13ClF2N4O2S/c1-8(25)21-16-22-10-7-26-13-12(14(10)27-16)24(23-15(13)17(2,19)20)11-6-4-3-5-9(11)18/h3-6H,7H2,1-2H3,(H,21,22,25). The van der Waals surface area contributed by atoms with E-state index in [9.17, 15) is 13.6 Å². The molecule has 0 aliphatic carbocycles. The monoisotopic (exact) mass is 410 g/mol. The highest BCUT2D eigenvalue weighted by atomic mass is 35.5. The summed E-state index contributed by atoms with van der Waals surface area (Å²) in [6, 6.07) is 6.80. The summed E-state index contributed by atoms with van der Waals surface area (Å²) in [7, 11) is 0. The number of para-hydroxylation sites is 1. The summed E-state index contributed by atoms with van der Waals surface area (Å²) in [6.07, 6.45) is 0. The fraction of sp³-hybridized carbons (Fsp3) is 0.235. The van der Waals surface area contributed by atoms with Gasteiger partial charge in [-0.15, -0.1) is 0 Å². The molecule has 1 aliphatic rings. The first kappa shape index (κ1) is 17.9. The van der Waals surface area contributed by atoms with Crippen LogP contribution in [-0.4, -0.2) is 20.7 Å². The van der Waals surface area contributed by atoms with Crippen LogP contribution in [0.2, 0.25) is 5.02 Å². The van der Waals surface area contributed by atoms with Gasteiger partial charge in [0.15, 0.2) is 16.6 Å². The van der Waals surface area contributed by atoms with Crippen molar-refractivity contribution in [3.05, 3.63) is 40.7 Å². The molecule has 1 aromatic carbocycles. The summed E-state index contributed by atoms with van der Waals surface area (Å²) < 4.78 is 35.3. The van der Waals surface area contributed by atoms with Crippen molar-refractivity contribution in [3.63, 3.8) is 0 Å². The predicted molar refractivity (Wildman–Crippen MR) is 97.9 cm³/mol. The zero-order valence-electron chi connectivity index (χ0n) is 14.2. The van der Waals surface area contributed by atoms with Crippen LogP contribution in [0.15, 0.2) is 24.3 Å². The molecule has 3 aromatic rings. The van der Waals surface area contributed by atoms with Gasteiger partial charge in [0, 0.05) is 13.8 Å². The molecule has 0 radical (unpaired) electrons. The molecular weight excluding hydrogens is 398 g/mol. The van der Waals surface area contributed by atoms with E-state index in [0.29, 0.717) is 32.1 Å². The number of ether oxygens (including phenoxy) is 1. The molecular formula is C17H13ClF2N4O2S. The molecule has 1 amide bonds. The zero-order valence-corrected chi connectivity index (χ0v) is 15.8. The number of fused-ring (bicyclic) bond motifs is 3. The van der Waals surface area contributed by atoms with Gasteiger partial charge in [-0.25, -0.2) is 9.67 Å². The highest BCUT2D eigenvalue weighted by Crippen LogP contribution is 2.48. The smallest absolute Gasteiger partial charge is 0.292 e. The van der Waals surface area contributed by atoms with Crippen LogP contribution in [0.25, 0.3) is 16.3 Å². The quantitative estimate of drug-likeness (QED) is 0.684. The summed E-state index contributed by atoms with van der Waals surface area (Å²) >= 11 is 7.44. The van der Waals surface area contributed by atoms with Crippen molar-refractivity contribution in [1.82, 2.24) is 14.8 Å². The fourth-order valence-electron chi connectivity index (χ4n) is 2.80. The van der Waals surface area contributed by atoms with Crippen molar-refractivity contribution < 1.29 is 18.3 Å². The molecule has 0 fully saturated rings. The van der Waals surface area contributed by atoms with Crippen LogP contribution in [0.5, 0.6) is 5.75 Å². The number of nitrogens with one attached hydrogen (secondary N) is 1. The number of thiazole rings is 1. The average Bonchev–Trinajstić information content (AvgIpc) is 3.14. The van der Waals surface area contributed by atoms with E-state index in [-0.39, 0.29) is 18.3 Å². The number of amides is 1. The third kappa shape index (κ3) is 3.06. The highest BCUT2D eigenvalue weighted by Gasteiger charge is 2.40. The number of halogens is 3. The van der Waals surface area contributed by atoms with E-state index in [1.165, 1.54) is 22.9 Å². The fourth-order valence-corrected chi connectivity index (χ4v) is 4.06. The average molecular weight is 411 g/mol. The SMILES string of the molecule is CC(=O)Nc1nc2c(s1)-c1c(c(C(C)(F)F)nn1-c1ccccc1Cl)OC2. The van der Waals surface area contributed by atoms with Gasteiger partial charge in [-0.1, -0.05) is 35.1 Å². The minimum absolute atomic E-state index is 0.00653. The molecule has 0 bridgehead atoms. The minimum Gasteiger partial charge on any atom is -0.483 e. The highest BCUT2D eigenvalue weighted by molar-refractivity contribution is 7.19. The molecule has 3 heterocycles. The Morgan fingerprint density at radius 3 is 2.81 bits per heavy atom. The van der Waals surface area contributed by atoms with Gasteiger partial charge in [-0.3, -0.25) is 4.79 Å². The van der Waals surface area contributed by atoms with E-state index in [2.05, 4.69) is 15.4 Å². The third-order valence-corrected chi connectivity index (χ3v) is 5.23. The van der Waals surface area contributed by atoms with Gasteiger partial charge in [-0.2, -0.15) is 13.9 Å². The van der Waals surface area contributed by atoms with Crippen molar-refractivity contribution in [2.75, 3.05) is 5.32 Å². The lowest BCUT2D eigenvalue weighted by atomic mass is 10.1. The molecule has 0 spiro atoms. The summed E-state index contributed by atoms with van der Waals surface area (Å²) in [5, 5.41) is 7.44. The number of carbonyl (C=O) groups excluding carboxylic acids is 1. The van der Waals surface area contributed by atoms with Gasteiger partial charge < -0.3 is 10.1 Å². The number of alkyl halides is 2. The summed E-state index contributed by atoms with van der Waals surface area (Å²) in [5.41, 5.74) is 0.847. The number of hydrogen-bond acceptors (Lipinski definition) is 5. The van der Waals surface area contributed by atoms with Crippen LogP contribution in [0.3, 0.4) is 0 Å². The second kappa shape index (κ2) is 6.28. The summed E-state index contributed by atoms with van der Waals surface area (Å²) in [4.78, 5) is 16.2. The van der Waals surface area contributed by atoms with E-state index in [4.69, 9.17) is 16.3 Å². The Hall–Kier alpha value is -2.52. The first-order chi connectivity index (χ1) is 12.8. The van der Waals surface area contributed by atoms with Gasteiger partial charge in [0.05, 0.1) is 15.6 Å². The Kier molecular flexibility index (Phi) is 4.15. The molecule has 27 heavy (non-hydrogen) atoms. The third-order valence-electron chi connectivity index (χ3n) is 3.89. The van der Waals surface area contributed by atoms with E-state index < -0.39 is 11.6 Å². The van der Waals surface area contributed by atoms with E-state index >= 15 is 0 Å². The van der Waals surface area contributed by atoms with Crippen molar-refractivity contribution in [1.29, 1.82) is 0 Å². The molecule has 10 heteroatoms. The van der Waals surface area contributed by atoms with Crippen LogP contribution in [0.4, 0.5) is 13.9 Å². The van der Waals surface area contributed by atoms with E-state index in [1.807, 2.05) is 0 Å². The number of carbonyl (C=O) groups is 1. The van der Waals surface area contributed by atoms with E-state index in [0.717, 1.165) is 6.92 Å². The zero-order chi connectivity index (χ0) is 19.3. The maximum Gasteiger partial charge on any atom is 0.292 e. The van der Waals surface area contributed by atoms with Gasteiger partial charge in [-0.05, 0) is 12.1 Å². The number of aromatic nitrogens is 3. The topological polar surface area (TPSA) is 69.0 Å². The molecule has 0 unspecified atom stereocenters. The Morgan fingerprint density at radius 2 is 2.15 bits per heavy atom. The molecule has 4 rings (SSSR count). The number of nitrogens with zero attached hydrogens (tertiary/aromatic N) is 3. The molecule has 1 N–H and O–H groups in total. The van der Waals surface area contributed by atoms with Crippen LogP contribution >= 0.6 is 22.9 Å². The molecule has 0 saturated heterocycles. The Bertz CT molecular complexity index is 1060. The lowest BCUT2D eigenvalue weighted by Gasteiger charge is -2.16. The van der Waals surface area contributed by atoms with Crippen molar-refractivity contribution in [3.8, 4) is 22.0 Å². The van der Waals surface area contributed by atoms with Gasteiger partial charge in [0.25, 0.3) is 5.92 Å². The van der Waals surface area contributed by atoms with Crippen LogP contribution in [0.1, 0.15) is 25.2 Å². The molecule has 0 atom stereocenters. The first-order valence-electron chi connectivity index (χ1n) is 7.92. The number of hydrogen-bond donors (Lipinski definition) is 1. The minimum atomic E-state index is -3.21. The molecule has 1 aliphatic heterocycles. The second-order valence-electron chi connectivity index (χ2n) is 6.04. The number of benzene rings is 1. The maximum absolute atomic E-state index is 14.2. The summed E-state index contributed by atoms with van der Waals surface area (Å²) in [6.45, 7) is 2.14. The van der Waals surface area contributed by atoms with Gasteiger partial charge in [0.1, 0.15) is 18.0 Å². The molecule has 140 valence electrons. The Balaban J connectivity index is 1.98. The van der Waals surface area contributed by atoms with Crippen LogP contribution in [-0.2, 0) is 17.3 Å². The van der Waals surface area contributed by atoms with Crippen LogP contribution < -0.4 is 10.1 Å². The largest absolute Gasteiger partial charge is 0.483 e. The predicted octanol–water partition coefficient (Wildman–Crippen LogP) is 4.61. The number of anilines is 1. The molecule has 0 saturated carbocycles. The normalized spacial score (nSPS) is 12.9. The van der Waals surface area contributed by atoms with Gasteiger partial charge in [0.2, 0.25) is 5.91 Å². The lowest BCUT2D eigenvalue weighted by Crippen LogP contribution is -2.12. The van der Waals surface area contributed by atoms with Crippen LogP contribution in [0, 0.1) is 0 Å². The van der Waals surface area contributed by atoms with Crippen molar-refractivity contribution in [2.24, 2.45) is 0 Å². The maximum atomic E-state index is 14.2. The van der Waals surface area contributed by atoms with Crippen molar-refractivity contribution in [2.45, 2.75) is 26.4 Å². The number of rotatable bonds is 3. The first-order valence-corrected chi connectivity index (χ1v) is 9.12. The summed E-state index contributed by atoms with van der Waals surface area (Å²) in [5.74, 6) is -3.49. The lowest BCUT2D eigenvalue weighted by molar-refractivity contribution is -0.114. The van der Waals surface area contributed by atoms with E-state index in [1.54, 1.807) is 24.3 Å². The Labute approximate surface area is 161 Å². The molecule has 2 aromatic heterocycles. The Morgan fingerprint density at radius 1 is 1.41 bits per heavy atom. The second-order valence-corrected chi connectivity index (χ2v) is 7.45. The molecule has 6 nitrogen and oxygen atoms in total. The van der Waals surface area contributed by atoms with Gasteiger partial charge >= 0.3 is 0 Å².